The molecule has 29 heavy (non-hydrogen) atoms. The third-order valence-corrected chi connectivity index (χ3v) is 4.41. The van der Waals surface area contributed by atoms with Crippen LogP contribution in [0.4, 0.5) is 11.4 Å². The molecule has 0 bridgehead atoms. The van der Waals surface area contributed by atoms with Gasteiger partial charge in [-0.2, -0.15) is 0 Å². The number of nitrogens with one attached hydrogen (secondary N) is 2. The summed E-state index contributed by atoms with van der Waals surface area (Å²) in [5.41, 5.74) is 1.99. The summed E-state index contributed by atoms with van der Waals surface area (Å²) in [6.45, 7) is 1.97. The number of ether oxygens (including phenoxy) is 1. The molecule has 3 aromatic carbocycles. The molecule has 5 nitrogen and oxygen atoms in total. The van der Waals surface area contributed by atoms with E-state index in [1.807, 2.05) is 66.7 Å². The van der Waals surface area contributed by atoms with Crippen molar-refractivity contribution in [2.75, 3.05) is 17.2 Å². The molecular formula is C24H24N2O3. The Kier molecular flexibility index (Phi) is 7.00. The average Bonchev–Trinajstić information content (AvgIpc) is 2.78. The summed E-state index contributed by atoms with van der Waals surface area (Å²) < 4.78 is 5.29. The molecule has 0 amide bonds. The molecule has 0 aromatic heterocycles. The van der Waals surface area contributed by atoms with E-state index in [-0.39, 0.29) is 12.4 Å². The van der Waals surface area contributed by atoms with Crippen LogP contribution in [0, 0.1) is 0 Å². The molecule has 0 saturated heterocycles. The minimum Gasteiger partial charge on any atom is -0.464 e. The molecule has 0 aliphatic heterocycles. The van der Waals surface area contributed by atoms with E-state index in [4.69, 9.17) is 4.74 Å². The van der Waals surface area contributed by atoms with E-state index in [0.717, 1.165) is 11.4 Å². The van der Waals surface area contributed by atoms with E-state index < -0.39 is 18.1 Å². The summed E-state index contributed by atoms with van der Waals surface area (Å²) >= 11 is 0. The van der Waals surface area contributed by atoms with Gasteiger partial charge < -0.3 is 15.4 Å². The largest absolute Gasteiger partial charge is 0.464 e. The Balaban J connectivity index is 1.98. The van der Waals surface area contributed by atoms with Crippen LogP contribution < -0.4 is 10.6 Å². The van der Waals surface area contributed by atoms with Crippen LogP contribution in [0.25, 0.3) is 0 Å². The predicted molar refractivity (Wildman–Crippen MR) is 115 cm³/mol. The van der Waals surface area contributed by atoms with Gasteiger partial charge in [0.25, 0.3) is 0 Å². The Labute approximate surface area is 170 Å². The van der Waals surface area contributed by atoms with Crippen molar-refractivity contribution < 1.29 is 14.3 Å². The molecular weight excluding hydrogens is 364 g/mol. The third kappa shape index (κ3) is 5.45. The highest BCUT2D eigenvalue weighted by molar-refractivity contribution is 6.05. The van der Waals surface area contributed by atoms with Crippen LogP contribution in [0.1, 0.15) is 17.3 Å². The Bertz CT molecular complexity index is 915. The van der Waals surface area contributed by atoms with Crippen molar-refractivity contribution in [2.24, 2.45) is 0 Å². The zero-order valence-corrected chi connectivity index (χ0v) is 16.2. The monoisotopic (exact) mass is 388 g/mol. The van der Waals surface area contributed by atoms with Gasteiger partial charge in [-0.3, -0.25) is 4.79 Å². The maximum Gasteiger partial charge on any atom is 0.331 e. The van der Waals surface area contributed by atoms with Crippen molar-refractivity contribution >= 4 is 23.1 Å². The van der Waals surface area contributed by atoms with Crippen molar-refractivity contribution in [1.29, 1.82) is 0 Å². The summed E-state index contributed by atoms with van der Waals surface area (Å²) in [4.78, 5) is 26.2. The summed E-state index contributed by atoms with van der Waals surface area (Å²) in [6, 6.07) is 25.8. The first-order valence-electron chi connectivity index (χ1n) is 9.58. The second-order valence-corrected chi connectivity index (χ2v) is 6.46. The highest BCUT2D eigenvalue weighted by Gasteiger charge is 2.35. The average molecular weight is 388 g/mol. The van der Waals surface area contributed by atoms with E-state index in [9.17, 15) is 9.59 Å². The van der Waals surface area contributed by atoms with Crippen molar-refractivity contribution in [2.45, 2.75) is 19.0 Å². The van der Waals surface area contributed by atoms with Gasteiger partial charge in [0.1, 0.15) is 6.04 Å². The number of benzene rings is 3. The molecule has 3 rings (SSSR count). The van der Waals surface area contributed by atoms with E-state index in [0.29, 0.717) is 5.56 Å². The third-order valence-electron chi connectivity index (χ3n) is 4.41. The van der Waals surface area contributed by atoms with Crippen LogP contribution in [-0.2, 0) is 9.53 Å². The molecule has 5 heteroatoms. The normalized spacial score (nSPS) is 12.4. The number of ketones is 1. The molecule has 0 radical (unpaired) electrons. The second-order valence-electron chi connectivity index (χ2n) is 6.46. The zero-order valence-electron chi connectivity index (χ0n) is 16.2. The Morgan fingerprint density at radius 2 is 1.17 bits per heavy atom. The minimum absolute atomic E-state index is 0.198. The number of anilines is 2. The summed E-state index contributed by atoms with van der Waals surface area (Å²) in [5.74, 6) is -0.690. The number of hydrogen-bond acceptors (Lipinski definition) is 5. The standard InChI is InChI=1S/C24H24N2O3/c1-2-29-24(28)22(26-20-16-10-5-11-17-20)21(25-19-14-8-4-9-15-19)23(27)18-12-6-3-7-13-18/h3-17,21-22,25-26H,2H2,1H3/t21?,22-/m1/s1. The number of Topliss-reactive ketones (excluding diaryl/α,β-unsaturated/α-hetero) is 1. The number of esters is 1. The SMILES string of the molecule is CCOC(=O)[C@H](Nc1ccccc1)C(Nc1ccccc1)C(=O)c1ccccc1. The molecule has 0 spiro atoms. The van der Waals surface area contributed by atoms with Gasteiger partial charge in [0.2, 0.25) is 0 Å². The summed E-state index contributed by atoms with van der Waals surface area (Å²) in [5, 5.41) is 6.40. The lowest BCUT2D eigenvalue weighted by atomic mass is 9.96. The highest BCUT2D eigenvalue weighted by Crippen LogP contribution is 2.18. The Morgan fingerprint density at radius 1 is 0.724 bits per heavy atom. The molecule has 0 aliphatic carbocycles. The van der Waals surface area contributed by atoms with Gasteiger partial charge in [0.05, 0.1) is 6.61 Å². The number of hydrogen-bond donors (Lipinski definition) is 2. The molecule has 0 aliphatic rings. The number of rotatable bonds is 9. The lowest BCUT2D eigenvalue weighted by Crippen LogP contribution is -2.50. The molecule has 2 atom stereocenters. The molecule has 2 N–H and O–H groups in total. The molecule has 1 unspecified atom stereocenters. The topological polar surface area (TPSA) is 67.4 Å². The van der Waals surface area contributed by atoms with Gasteiger partial charge >= 0.3 is 5.97 Å². The smallest absolute Gasteiger partial charge is 0.331 e. The van der Waals surface area contributed by atoms with E-state index in [1.165, 1.54) is 0 Å². The fourth-order valence-electron chi connectivity index (χ4n) is 3.02. The Hall–Kier alpha value is -3.60. The van der Waals surface area contributed by atoms with Gasteiger partial charge in [0.15, 0.2) is 11.8 Å². The summed E-state index contributed by atoms with van der Waals surface area (Å²) in [7, 11) is 0. The van der Waals surface area contributed by atoms with E-state index >= 15 is 0 Å². The molecule has 0 heterocycles. The minimum atomic E-state index is -0.912. The molecule has 3 aromatic rings. The van der Waals surface area contributed by atoms with E-state index in [1.54, 1.807) is 31.2 Å². The fourth-order valence-corrected chi connectivity index (χ4v) is 3.02. The van der Waals surface area contributed by atoms with Crippen LogP contribution in [0.5, 0.6) is 0 Å². The maximum absolute atomic E-state index is 13.4. The number of carbonyl (C=O) groups is 2. The van der Waals surface area contributed by atoms with Crippen LogP contribution in [0.2, 0.25) is 0 Å². The maximum atomic E-state index is 13.4. The summed E-state index contributed by atoms with van der Waals surface area (Å²) in [6.07, 6.45) is 0. The van der Waals surface area contributed by atoms with Crippen LogP contribution >= 0.6 is 0 Å². The first-order chi connectivity index (χ1) is 14.2. The van der Waals surface area contributed by atoms with Crippen molar-refractivity contribution in [3.05, 3.63) is 96.6 Å². The van der Waals surface area contributed by atoms with Crippen molar-refractivity contribution in [3.63, 3.8) is 0 Å². The zero-order chi connectivity index (χ0) is 20.5. The number of para-hydroxylation sites is 2. The number of carbonyl (C=O) groups excluding carboxylic acids is 2. The lowest BCUT2D eigenvalue weighted by Gasteiger charge is -2.28. The van der Waals surface area contributed by atoms with E-state index in [2.05, 4.69) is 10.6 Å². The van der Waals surface area contributed by atoms with Gasteiger partial charge in [-0.1, -0.05) is 66.7 Å². The van der Waals surface area contributed by atoms with Crippen LogP contribution in [-0.4, -0.2) is 30.4 Å². The van der Waals surface area contributed by atoms with Gasteiger partial charge in [-0.25, -0.2) is 4.79 Å². The van der Waals surface area contributed by atoms with Crippen molar-refractivity contribution in [3.8, 4) is 0 Å². The second kappa shape index (κ2) is 10.1. The molecule has 0 fully saturated rings. The molecule has 148 valence electrons. The molecule has 0 saturated carbocycles. The first kappa shape index (κ1) is 20.1. The fraction of sp³-hybridized carbons (Fsp3) is 0.167. The van der Waals surface area contributed by atoms with Crippen LogP contribution in [0.15, 0.2) is 91.0 Å². The van der Waals surface area contributed by atoms with Gasteiger partial charge in [-0.15, -0.1) is 0 Å². The van der Waals surface area contributed by atoms with Crippen molar-refractivity contribution in [1.82, 2.24) is 0 Å². The van der Waals surface area contributed by atoms with Gasteiger partial charge in [-0.05, 0) is 31.2 Å². The first-order valence-corrected chi connectivity index (χ1v) is 9.58. The Morgan fingerprint density at radius 3 is 1.66 bits per heavy atom. The lowest BCUT2D eigenvalue weighted by molar-refractivity contribution is -0.144. The quantitative estimate of drug-likeness (QED) is 0.420. The predicted octanol–water partition coefficient (Wildman–Crippen LogP) is 4.39. The van der Waals surface area contributed by atoms with Crippen LogP contribution in [0.3, 0.4) is 0 Å². The highest BCUT2D eigenvalue weighted by atomic mass is 16.5. The van der Waals surface area contributed by atoms with Gasteiger partial charge in [0, 0.05) is 16.9 Å².